The van der Waals surface area contributed by atoms with Crippen molar-refractivity contribution in [3.05, 3.63) is 0 Å². The summed E-state index contributed by atoms with van der Waals surface area (Å²) in [6.07, 6.45) is 1.81. The van der Waals surface area contributed by atoms with E-state index >= 15 is 0 Å². The minimum absolute atomic E-state index is 0.00570. The van der Waals surface area contributed by atoms with Crippen LogP contribution < -0.4 is 11.1 Å². The Morgan fingerprint density at radius 3 is 2.50 bits per heavy atom. The van der Waals surface area contributed by atoms with Crippen molar-refractivity contribution in [2.24, 2.45) is 5.73 Å². The van der Waals surface area contributed by atoms with Crippen molar-refractivity contribution in [1.29, 1.82) is 0 Å². The normalized spacial score (nSPS) is 13.8. The van der Waals surface area contributed by atoms with Gasteiger partial charge in [-0.25, -0.2) is 0 Å². The van der Waals surface area contributed by atoms with Gasteiger partial charge in [-0.05, 0) is 26.7 Å². The fourth-order valence-electron chi connectivity index (χ4n) is 1.01. The SMILES string of the molecule is CC[C@H](CO)NC(=O)CCC(C)(C)N. The van der Waals surface area contributed by atoms with Crippen molar-refractivity contribution < 1.29 is 9.90 Å². The first kappa shape index (κ1) is 13.4. The molecule has 0 aromatic carbocycles. The van der Waals surface area contributed by atoms with Gasteiger partial charge in [0.2, 0.25) is 5.91 Å². The lowest BCUT2D eigenvalue weighted by Gasteiger charge is -2.19. The van der Waals surface area contributed by atoms with Crippen LogP contribution in [0.3, 0.4) is 0 Å². The van der Waals surface area contributed by atoms with E-state index in [0.29, 0.717) is 12.8 Å². The van der Waals surface area contributed by atoms with Crippen LogP contribution in [0.4, 0.5) is 0 Å². The van der Waals surface area contributed by atoms with E-state index in [1.165, 1.54) is 0 Å². The molecule has 84 valence electrons. The monoisotopic (exact) mass is 202 g/mol. The summed E-state index contributed by atoms with van der Waals surface area (Å²) >= 11 is 0. The zero-order valence-electron chi connectivity index (χ0n) is 9.34. The molecule has 0 heterocycles. The highest BCUT2D eigenvalue weighted by molar-refractivity contribution is 5.76. The van der Waals surface area contributed by atoms with Gasteiger partial charge in [-0.2, -0.15) is 0 Å². The average molecular weight is 202 g/mol. The van der Waals surface area contributed by atoms with Gasteiger partial charge in [0, 0.05) is 12.0 Å². The van der Waals surface area contributed by atoms with Gasteiger partial charge in [-0.15, -0.1) is 0 Å². The molecule has 0 aliphatic heterocycles. The van der Waals surface area contributed by atoms with Crippen molar-refractivity contribution in [1.82, 2.24) is 5.32 Å². The van der Waals surface area contributed by atoms with Crippen molar-refractivity contribution in [2.45, 2.75) is 51.6 Å². The quantitative estimate of drug-likeness (QED) is 0.583. The van der Waals surface area contributed by atoms with Gasteiger partial charge in [0.15, 0.2) is 0 Å². The van der Waals surface area contributed by atoms with Crippen LogP contribution in [0.15, 0.2) is 0 Å². The van der Waals surface area contributed by atoms with E-state index in [-0.39, 0.29) is 24.1 Å². The molecule has 0 radical (unpaired) electrons. The highest BCUT2D eigenvalue weighted by Gasteiger charge is 2.14. The summed E-state index contributed by atoms with van der Waals surface area (Å²) in [6.45, 7) is 5.70. The maximum atomic E-state index is 11.3. The fraction of sp³-hybridized carbons (Fsp3) is 0.900. The molecule has 0 aliphatic carbocycles. The predicted molar refractivity (Wildman–Crippen MR) is 56.8 cm³/mol. The molecule has 0 saturated heterocycles. The number of aliphatic hydroxyl groups is 1. The summed E-state index contributed by atoms with van der Waals surface area (Å²) in [5.74, 6) is -0.0376. The molecule has 0 spiro atoms. The van der Waals surface area contributed by atoms with Crippen LogP contribution in [0.25, 0.3) is 0 Å². The third-order valence-corrected chi connectivity index (χ3v) is 2.07. The van der Waals surface area contributed by atoms with E-state index in [2.05, 4.69) is 5.32 Å². The second-order valence-electron chi connectivity index (χ2n) is 4.34. The minimum Gasteiger partial charge on any atom is -0.394 e. The van der Waals surface area contributed by atoms with E-state index in [1.807, 2.05) is 20.8 Å². The maximum Gasteiger partial charge on any atom is 0.220 e. The highest BCUT2D eigenvalue weighted by Crippen LogP contribution is 2.06. The molecule has 0 unspecified atom stereocenters. The van der Waals surface area contributed by atoms with Crippen LogP contribution in [0.5, 0.6) is 0 Å². The Bertz CT molecular complexity index is 171. The number of nitrogens with two attached hydrogens (primary N) is 1. The Morgan fingerprint density at radius 1 is 1.57 bits per heavy atom. The predicted octanol–water partition coefficient (Wildman–Crippen LogP) is 0.391. The van der Waals surface area contributed by atoms with Crippen LogP contribution in [0.1, 0.15) is 40.0 Å². The standard InChI is InChI=1S/C10H22N2O2/c1-4-8(7-13)12-9(14)5-6-10(2,3)11/h8,13H,4-7,11H2,1-3H3,(H,12,14)/t8-/m1/s1. The van der Waals surface area contributed by atoms with E-state index in [4.69, 9.17) is 10.8 Å². The smallest absolute Gasteiger partial charge is 0.220 e. The maximum absolute atomic E-state index is 11.3. The van der Waals surface area contributed by atoms with Crippen molar-refractivity contribution >= 4 is 5.91 Å². The Labute approximate surface area is 85.9 Å². The Kier molecular flexibility index (Phi) is 5.72. The molecule has 1 atom stereocenters. The van der Waals surface area contributed by atoms with Gasteiger partial charge in [-0.3, -0.25) is 4.79 Å². The van der Waals surface area contributed by atoms with Gasteiger partial charge in [0.05, 0.1) is 12.6 Å². The molecule has 0 fully saturated rings. The Balaban J connectivity index is 3.75. The van der Waals surface area contributed by atoms with Gasteiger partial charge in [0.25, 0.3) is 0 Å². The first-order valence-corrected chi connectivity index (χ1v) is 5.08. The first-order valence-electron chi connectivity index (χ1n) is 5.08. The largest absolute Gasteiger partial charge is 0.394 e. The number of aliphatic hydroxyl groups excluding tert-OH is 1. The van der Waals surface area contributed by atoms with Crippen LogP contribution in [0, 0.1) is 0 Å². The molecule has 4 N–H and O–H groups in total. The first-order chi connectivity index (χ1) is 6.39. The molecule has 1 amide bonds. The Morgan fingerprint density at radius 2 is 2.14 bits per heavy atom. The number of rotatable bonds is 6. The van der Waals surface area contributed by atoms with Crippen LogP contribution in [-0.4, -0.2) is 29.2 Å². The summed E-state index contributed by atoms with van der Waals surface area (Å²) in [6, 6.07) is -0.122. The summed E-state index contributed by atoms with van der Waals surface area (Å²) in [5, 5.41) is 11.6. The number of amides is 1. The number of hydrogen-bond acceptors (Lipinski definition) is 3. The molecular formula is C10H22N2O2. The van der Waals surface area contributed by atoms with Crippen molar-refractivity contribution in [3.8, 4) is 0 Å². The fourth-order valence-corrected chi connectivity index (χ4v) is 1.01. The summed E-state index contributed by atoms with van der Waals surface area (Å²) in [4.78, 5) is 11.3. The second-order valence-corrected chi connectivity index (χ2v) is 4.34. The number of nitrogens with one attached hydrogen (secondary N) is 1. The molecule has 0 bridgehead atoms. The lowest BCUT2D eigenvalue weighted by atomic mass is 10.00. The Hall–Kier alpha value is -0.610. The van der Waals surface area contributed by atoms with Crippen LogP contribution in [-0.2, 0) is 4.79 Å². The van der Waals surface area contributed by atoms with Crippen molar-refractivity contribution in [2.75, 3.05) is 6.61 Å². The lowest BCUT2D eigenvalue weighted by molar-refractivity contribution is -0.122. The molecule has 0 aromatic rings. The van der Waals surface area contributed by atoms with E-state index in [1.54, 1.807) is 0 Å². The van der Waals surface area contributed by atoms with Gasteiger partial charge in [0.1, 0.15) is 0 Å². The van der Waals surface area contributed by atoms with Crippen LogP contribution >= 0.6 is 0 Å². The topological polar surface area (TPSA) is 75.3 Å². The van der Waals surface area contributed by atoms with Gasteiger partial charge >= 0.3 is 0 Å². The van der Waals surface area contributed by atoms with Crippen molar-refractivity contribution in [3.63, 3.8) is 0 Å². The summed E-state index contributed by atoms with van der Waals surface area (Å²) in [5.41, 5.74) is 5.44. The summed E-state index contributed by atoms with van der Waals surface area (Å²) < 4.78 is 0. The molecular weight excluding hydrogens is 180 g/mol. The molecule has 4 nitrogen and oxygen atoms in total. The summed E-state index contributed by atoms with van der Waals surface area (Å²) in [7, 11) is 0. The second kappa shape index (κ2) is 5.98. The third-order valence-electron chi connectivity index (χ3n) is 2.07. The third kappa shape index (κ3) is 6.86. The van der Waals surface area contributed by atoms with E-state index < -0.39 is 0 Å². The zero-order chi connectivity index (χ0) is 11.2. The number of hydrogen-bond donors (Lipinski definition) is 3. The lowest BCUT2D eigenvalue weighted by Crippen LogP contribution is -2.39. The number of carbonyl (C=O) groups excluding carboxylic acids is 1. The van der Waals surface area contributed by atoms with E-state index in [9.17, 15) is 4.79 Å². The molecule has 0 aromatic heterocycles. The molecule has 0 rings (SSSR count). The van der Waals surface area contributed by atoms with Crippen LogP contribution in [0.2, 0.25) is 0 Å². The highest BCUT2D eigenvalue weighted by atomic mass is 16.3. The van der Waals surface area contributed by atoms with Gasteiger partial charge in [-0.1, -0.05) is 6.92 Å². The molecule has 14 heavy (non-hydrogen) atoms. The van der Waals surface area contributed by atoms with Gasteiger partial charge < -0.3 is 16.2 Å². The average Bonchev–Trinajstić information content (AvgIpc) is 2.09. The molecule has 0 aliphatic rings. The van der Waals surface area contributed by atoms with E-state index in [0.717, 1.165) is 6.42 Å². The molecule has 4 heteroatoms. The number of carbonyl (C=O) groups is 1. The minimum atomic E-state index is -0.307. The zero-order valence-corrected chi connectivity index (χ0v) is 9.34. The molecule has 0 saturated carbocycles.